The quantitative estimate of drug-likeness (QED) is 0.894. The highest BCUT2D eigenvalue weighted by Crippen LogP contribution is 2.23. The molecule has 0 aromatic heterocycles. The van der Waals surface area contributed by atoms with Crippen molar-refractivity contribution in [2.45, 2.75) is 6.42 Å². The van der Waals surface area contributed by atoms with Crippen LogP contribution in [0, 0.1) is 0 Å². The van der Waals surface area contributed by atoms with Crippen molar-refractivity contribution in [2.24, 2.45) is 0 Å². The zero-order valence-corrected chi connectivity index (χ0v) is 12.5. The topological polar surface area (TPSA) is 29.1 Å². The summed E-state index contributed by atoms with van der Waals surface area (Å²) in [4.78, 5) is 11.9. The van der Waals surface area contributed by atoms with Crippen LogP contribution in [0.2, 0.25) is 5.02 Å². The molecular formula is C15H13BrClNO. The van der Waals surface area contributed by atoms with Crippen LogP contribution in [0.3, 0.4) is 0 Å². The largest absolute Gasteiger partial charge is 0.352 e. The van der Waals surface area contributed by atoms with Crippen molar-refractivity contribution in [3.8, 4) is 0 Å². The smallest absolute Gasteiger partial charge is 0.251 e. The van der Waals surface area contributed by atoms with Crippen molar-refractivity contribution in [3.63, 3.8) is 0 Å². The maximum Gasteiger partial charge on any atom is 0.251 e. The van der Waals surface area contributed by atoms with E-state index in [9.17, 15) is 4.79 Å². The van der Waals surface area contributed by atoms with Gasteiger partial charge < -0.3 is 5.32 Å². The van der Waals surface area contributed by atoms with Gasteiger partial charge >= 0.3 is 0 Å². The van der Waals surface area contributed by atoms with Crippen LogP contribution in [-0.4, -0.2) is 12.5 Å². The molecule has 0 saturated carbocycles. The maximum atomic E-state index is 11.9. The minimum atomic E-state index is -0.0895. The molecule has 0 saturated heterocycles. The number of benzene rings is 2. The minimum Gasteiger partial charge on any atom is -0.352 e. The van der Waals surface area contributed by atoms with Crippen LogP contribution in [0.15, 0.2) is 53.0 Å². The fraction of sp³-hybridized carbons (Fsp3) is 0.133. The third-order valence-corrected chi connectivity index (χ3v) is 3.94. The Balaban J connectivity index is 1.89. The molecule has 0 aliphatic heterocycles. The second-order valence-corrected chi connectivity index (χ2v) is 5.38. The number of carbonyl (C=O) groups excluding carboxylic acids is 1. The monoisotopic (exact) mass is 337 g/mol. The number of hydrogen-bond donors (Lipinski definition) is 1. The van der Waals surface area contributed by atoms with E-state index >= 15 is 0 Å². The first-order valence-corrected chi connectivity index (χ1v) is 7.11. The molecule has 98 valence electrons. The second-order valence-electron chi connectivity index (χ2n) is 4.12. The predicted octanol–water partition coefficient (Wildman–Crippen LogP) is 4.08. The Morgan fingerprint density at radius 3 is 2.58 bits per heavy atom. The van der Waals surface area contributed by atoms with Crippen molar-refractivity contribution >= 4 is 33.4 Å². The first kappa shape index (κ1) is 14.1. The molecule has 19 heavy (non-hydrogen) atoms. The zero-order chi connectivity index (χ0) is 13.7. The average Bonchev–Trinajstić information content (AvgIpc) is 2.43. The maximum absolute atomic E-state index is 11.9. The molecule has 4 heteroatoms. The van der Waals surface area contributed by atoms with Gasteiger partial charge in [-0.15, -0.1) is 0 Å². The van der Waals surface area contributed by atoms with Crippen LogP contribution in [0.1, 0.15) is 15.9 Å². The molecule has 0 radical (unpaired) electrons. The summed E-state index contributed by atoms with van der Waals surface area (Å²) in [5, 5.41) is 3.49. The molecule has 0 aliphatic rings. The highest BCUT2D eigenvalue weighted by molar-refractivity contribution is 9.10. The molecule has 0 bridgehead atoms. The van der Waals surface area contributed by atoms with Gasteiger partial charge in [0, 0.05) is 16.6 Å². The van der Waals surface area contributed by atoms with Gasteiger partial charge in [-0.25, -0.2) is 0 Å². The van der Waals surface area contributed by atoms with E-state index in [-0.39, 0.29) is 5.91 Å². The molecule has 0 unspecified atom stereocenters. The van der Waals surface area contributed by atoms with Gasteiger partial charge in [-0.05, 0) is 46.1 Å². The van der Waals surface area contributed by atoms with Crippen LogP contribution in [0.4, 0.5) is 0 Å². The van der Waals surface area contributed by atoms with Gasteiger partial charge in [0.15, 0.2) is 0 Å². The van der Waals surface area contributed by atoms with Crippen molar-refractivity contribution in [1.29, 1.82) is 0 Å². The number of halogens is 2. The molecule has 0 heterocycles. The van der Waals surface area contributed by atoms with Crippen molar-refractivity contribution < 1.29 is 4.79 Å². The number of nitrogens with one attached hydrogen (secondary N) is 1. The Kier molecular flexibility index (Phi) is 5.00. The minimum absolute atomic E-state index is 0.0895. The predicted molar refractivity (Wildman–Crippen MR) is 81.6 cm³/mol. The Morgan fingerprint density at radius 2 is 1.89 bits per heavy atom. The van der Waals surface area contributed by atoms with Crippen molar-refractivity contribution in [2.75, 3.05) is 6.54 Å². The number of rotatable bonds is 4. The van der Waals surface area contributed by atoms with Gasteiger partial charge in [-0.3, -0.25) is 4.79 Å². The van der Waals surface area contributed by atoms with Gasteiger partial charge in [0.1, 0.15) is 0 Å². The molecule has 0 fully saturated rings. The van der Waals surface area contributed by atoms with Crippen molar-refractivity contribution in [3.05, 3.63) is 69.2 Å². The fourth-order valence-corrected chi connectivity index (χ4v) is 2.20. The summed E-state index contributed by atoms with van der Waals surface area (Å²) in [5.41, 5.74) is 1.81. The molecule has 0 aliphatic carbocycles. The Bertz CT molecular complexity index is 572. The lowest BCUT2D eigenvalue weighted by Gasteiger charge is -2.06. The van der Waals surface area contributed by atoms with E-state index < -0.39 is 0 Å². The molecular weight excluding hydrogens is 326 g/mol. The summed E-state index contributed by atoms with van der Waals surface area (Å²) in [6.07, 6.45) is 0.821. The number of amides is 1. The standard InChI is InChI=1S/C15H13BrClNO/c16-13-10-12(6-7-14(13)17)15(19)18-9-8-11-4-2-1-3-5-11/h1-7,10H,8-9H2,(H,18,19). The summed E-state index contributed by atoms with van der Waals surface area (Å²) in [5.74, 6) is -0.0895. The molecule has 2 aromatic carbocycles. The van der Waals surface area contributed by atoms with Gasteiger partial charge in [0.05, 0.1) is 5.02 Å². The second kappa shape index (κ2) is 6.73. The van der Waals surface area contributed by atoms with E-state index in [1.54, 1.807) is 18.2 Å². The number of carbonyl (C=O) groups is 1. The lowest BCUT2D eigenvalue weighted by Crippen LogP contribution is -2.25. The SMILES string of the molecule is O=C(NCCc1ccccc1)c1ccc(Cl)c(Br)c1. The van der Waals surface area contributed by atoms with Gasteiger partial charge in [-0.2, -0.15) is 0 Å². The normalized spacial score (nSPS) is 10.2. The van der Waals surface area contributed by atoms with Crippen LogP contribution in [-0.2, 0) is 6.42 Å². The Hall–Kier alpha value is -1.32. The first-order chi connectivity index (χ1) is 9.16. The first-order valence-electron chi connectivity index (χ1n) is 5.94. The molecule has 2 aromatic rings. The van der Waals surface area contributed by atoms with Crippen LogP contribution in [0.25, 0.3) is 0 Å². The molecule has 0 spiro atoms. The third-order valence-electron chi connectivity index (χ3n) is 2.72. The molecule has 2 nitrogen and oxygen atoms in total. The van der Waals surface area contributed by atoms with E-state index in [0.717, 1.165) is 10.9 Å². The Morgan fingerprint density at radius 1 is 1.16 bits per heavy atom. The van der Waals surface area contributed by atoms with Crippen LogP contribution in [0.5, 0.6) is 0 Å². The van der Waals surface area contributed by atoms with Crippen LogP contribution >= 0.6 is 27.5 Å². The van der Waals surface area contributed by atoms with Crippen LogP contribution < -0.4 is 5.32 Å². The van der Waals surface area contributed by atoms with Gasteiger partial charge in [-0.1, -0.05) is 41.9 Å². The lowest BCUT2D eigenvalue weighted by atomic mass is 10.1. The van der Waals surface area contributed by atoms with E-state index in [4.69, 9.17) is 11.6 Å². The average molecular weight is 339 g/mol. The summed E-state index contributed by atoms with van der Waals surface area (Å²) in [6.45, 7) is 0.614. The molecule has 0 atom stereocenters. The van der Waals surface area contributed by atoms with Gasteiger partial charge in [0.2, 0.25) is 0 Å². The van der Waals surface area contributed by atoms with E-state index in [2.05, 4.69) is 21.2 Å². The number of hydrogen-bond acceptors (Lipinski definition) is 1. The Labute approximate surface area is 125 Å². The summed E-state index contributed by atoms with van der Waals surface area (Å²) < 4.78 is 0.727. The summed E-state index contributed by atoms with van der Waals surface area (Å²) in [7, 11) is 0. The molecule has 1 amide bonds. The summed E-state index contributed by atoms with van der Waals surface area (Å²) >= 11 is 9.20. The lowest BCUT2D eigenvalue weighted by molar-refractivity contribution is 0.0954. The highest BCUT2D eigenvalue weighted by atomic mass is 79.9. The highest BCUT2D eigenvalue weighted by Gasteiger charge is 2.07. The van der Waals surface area contributed by atoms with E-state index in [0.29, 0.717) is 17.1 Å². The zero-order valence-electron chi connectivity index (χ0n) is 10.2. The van der Waals surface area contributed by atoms with Gasteiger partial charge in [0.25, 0.3) is 5.91 Å². The fourth-order valence-electron chi connectivity index (χ4n) is 1.70. The molecule has 2 rings (SSSR count). The third kappa shape index (κ3) is 4.08. The molecule has 1 N–H and O–H groups in total. The van der Waals surface area contributed by atoms with E-state index in [1.165, 1.54) is 5.56 Å². The summed E-state index contributed by atoms with van der Waals surface area (Å²) in [6, 6.07) is 15.2. The van der Waals surface area contributed by atoms with E-state index in [1.807, 2.05) is 30.3 Å². The van der Waals surface area contributed by atoms with Crippen molar-refractivity contribution in [1.82, 2.24) is 5.32 Å².